The number of hydrogen-bond acceptors (Lipinski definition) is 8. The second-order valence-corrected chi connectivity index (χ2v) is 13.6. The first-order valence-corrected chi connectivity index (χ1v) is 18.9. The van der Waals surface area contributed by atoms with Crippen LogP contribution in [0.1, 0.15) is 68.2 Å². The lowest BCUT2D eigenvalue weighted by Gasteiger charge is -2.29. The predicted octanol–water partition coefficient (Wildman–Crippen LogP) is 10.7. The van der Waals surface area contributed by atoms with Crippen LogP contribution in [0.25, 0.3) is 10.8 Å². The highest BCUT2D eigenvalue weighted by molar-refractivity contribution is 6.14. The summed E-state index contributed by atoms with van der Waals surface area (Å²) in [5.41, 5.74) is 8.34. The van der Waals surface area contributed by atoms with Gasteiger partial charge >= 0.3 is 11.9 Å². The summed E-state index contributed by atoms with van der Waals surface area (Å²) in [4.78, 5) is 38.8. The van der Waals surface area contributed by atoms with Crippen molar-refractivity contribution in [3.05, 3.63) is 168 Å². The number of anilines is 4. The molecule has 0 radical (unpaired) electrons. The maximum atomic E-state index is 11.9. The normalized spacial score (nSPS) is 13.8. The minimum absolute atomic E-state index is 0.492. The van der Waals surface area contributed by atoms with Crippen LogP contribution < -0.4 is 9.80 Å². The molecule has 0 bridgehead atoms. The van der Waals surface area contributed by atoms with Gasteiger partial charge in [0.1, 0.15) is 11.4 Å². The van der Waals surface area contributed by atoms with E-state index in [-0.39, 0.29) is 0 Å². The van der Waals surface area contributed by atoms with Crippen LogP contribution >= 0.6 is 0 Å². The molecule has 276 valence electrons. The summed E-state index contributed by atoms with van der Waals surface area (Å²) in [7, 11) is 0. The number of hydrogen-bond donors (Lipinski definition) is 0. The number of rotatable bonds is 10. The van der Waals surface area contributed by atoms with E-state index in [1.54, 1.807) is 0 Å². The van der Waals surface area contributed by atoms with E-state index < -0.39 is 11.9 Å². The van der Waals surface area contributed by atoms with Crippen molar-refractivity contribution >= 4 is 56.9 Å². The molecule has 1 aliphatic rings. The van der Waals surface area contributed by atoms with Crippen LogP contribution in [0.3, 0.4) is 0 Å². The molecule has 1 fully saturated rings. The number of benzene rings is 6. The Hall–Kier alpha value is -6.54. The van der Waals surface area contributed by atoms with Crippen LogP contribution in [0.4, 0.5) is 22.7 Å². The molecule has 1 heterocycles. The molecule has 0 aromatic heterocycles. The molecular formula is C47H44N4O4. The second kappa shape index (κ2) is 17.5. The molecule has 0 saturated carbocycles. The lowest BCUT2D eigenvalue weighted by molar-refractivity contribution is -0.141. The molecule has 1 saturated heterocycles. The van der Waals surface area contributed by atoms with Gasteiger partial charge < -0.3 is 19.5 Å². The Kier molecular flexibility index (Phi) is 11.7. The Morgan fingerprint density at radius 1 is 0.527 bits per heavy atom. The molecule has 55 heavy (non-hydrogen) atoms. The van der Waals surface area contributed by atoms with E-state index in [0.717, 1.165) is 63.2 Å². The highest BCUT2D eigenvalue weighted by atomic mass is 16.7. The molecule has 1 aliphatic heterocycles. The molecule has 0 atom stereocenters. The van der Waals surface area contributed by atoms with Crippen molar-refractivity contribution in [2.75, 3.05) is 22.9 Å². The smallest absolute Gasteiger partial charge is 0.332 e. The van der Waals surface area contributed by atoms with E-state index in [1.807, 2.05) is 97.1 Å². The maximum Gasteiger partial charge on any atom is 0.332 e. The number of oxime groups is 2. The summed E-state index contributed by atoms with van der Waals surface area (Å²) in [6, 6.07) is 48.8. The van der Waals surface area contributed by atoms with Crippen LogP contribution in [0.15, 0.2) is 156 Å². The predicted molar refractivity (Wildman–Crippen MR) is 222 cm³/mol. The quantitative estimate of drug-likeness (QED) is 0.0793. The van der Waals surface area contributed by atoms with Crippen molar-refractivity contribution in [1.29, 1.82) is 0 Å². The van der Waals surface area contributed by atoms with E-state index in [4.69, 9.17) is 9.68 Å². The van der Waals surface area contributed by atoms with E-state index in [0.29, 0.717) is 11.4 Å². The second-order valence-electron chi connectivity index (χ2n) is 13.6. The highest BCUT2D eigenvalue weighted by Crippen LogP contribution is 2.40. The van der Waals surface area contributed by atoms with E-state index in [9.17, 15) is 9.59 Å². The molecule has 8 heteroatoms. The highest BCUT2D eigenvalue weighted by Gasteiger charge is 2.20. The van der Waals surface area contributed by atoms with Gasteiger partial charge in [0.2, 0.25) is 0 Å². The van der Waals surface area contributed by atoms with Gasteiger partial charge in [-0.3, -0.25) is 0 Å². The standard InChI is InChI=1S/C47H44N4O4/c1-34(52)54-48-46(36-16-8-6-9-17-36)38-24-26-41(27-25-38)51(43-22-14-21-40(33-43)47(49-55-35(2)53)37-18-10-7-11-19-37)45-23-15-20-39-32-42(28-29-44(39)45)50-30-12-4-3-5-13-31-50/h6-11,14-29,32-33H,3-5,12-13,30-31H2,1-2H3/b48-46-,49-47-. The Balaban J connectivity index is 1.36. The Morgan fingerprint density at radius 3 is 1.69 bits per heavy atom. The molecule has 0 N–H and O–H groups in total. The van der Waals surface area contributed by atoms with Crippen LogP contribution in [0.5, 0.6) is 0 Å². The van der Waals surface area contributed by atoms with Crippen molar-refractivity contribution in [3.8, 4) is 0 Å². The monoisotopic (exact) mass is 728 g/mol. The Morgan fingerprint density at radius 2 is 1.07 bits per heavy atom. The third kappa shape index (κ3) is 8.99. The average Bonchev–Trinajstić information content (AvgIpc) is 3.19. The molecule has 0 aliphatic carbocycles. The van der Waals surface area contributed by atoms with Gasteiger partial charge in [-0.15, -0.1) is 0 Å². The summed E-state index contributed by atoms with van der Waals surface area (Å²) >= 11 is 0. The van der Waals surface area contributed by atoms with Gasteiger partial charge in [0.25, 0.3) is 0 Å². The summed E-state index contributed by atoms with van der Waals surface area (Å²) < 4.78 is 0. The van der Waals surface area contributed by atoms with Gasteiger partial charge in [0.15, 0.2) is 0 Å². The molecule has 0 amide bonds. The third-order valence-corrected chi connectivity index (χ3v) is 9.71. The van der Waals surface area contributed by atoms with Crippen LogP contribution in [0, 0.1) is 0 Å². The zero-order chi connectivity index (χ0) is 38.0. The van der Waals surface area contributed by atoms with Crippen molar-refractivity contribution in [1.82, 2.24) is 0 Å². The fourth-order valence-corrected chi connectivity index (χ4v) is 7.10. The fourth-order valence-electron chi connectivity index (χ4n) is 7.10. The Bertz CT molecular complexity index is 2310. The molecular weight excluding hydrogens is 685 g/mol. The first-order chi connectivity index (χ1) is 26.9. The zero-order valence-corrected chi connectivity index (χ0v) is 31.2. The van der Waals surface area contributed by atoms with Gasteiger partial charge in [0, 0.05) is 71.6 Å². The number of carbonyl (C=O) groups is 2. The van der Waals surface area contributed by atoms with Gasteiger partial charge in [-0.05, 0) is 60.7 Å². The SMILES string of the molecule is CC(=O)O/N=C(/c1ccccc1)c1ccc(N(c2cccc(/C(=N\OC(C)=O)c3ccccc3)c2)c2cccc3cc(N4CCCCCCC4)ccc23)cc1. The van der Waals surface area contributed by atoms with Crippen molar-refractivity contribution in [2.24, 2.45) is 10.3 Å². The third-order valence-electron chi connectivity index (χ3n) is 9.71. The topological polar surface area (TPSA) is 83.8 Å². The maximum absolute atomic E-state index is 11.9. The molecule has 0 spiro atoms. The summed E-state index contributed by atoms with van der Waals surface area (Å²) in [5, 5.41) is 10.8. The minimum Gasteiger partial charge on any atom is -0.372 e. The molecule has 6 aromatic carbocycles. The van der Waals surface area contributed by atoms with Gasteiger partial charge in [-0.25, -0.2) is 9.59 Å². The van der Waals surface area contributed by atoms with Crippen LogP contribution in [-0.4, -0.2) is 36.5 Å². The number of carbonyl (C=O) groups excluding carboxylic acids is 2. The number of fused-ring (bicyclic) bond motifs is 1. The fraction of sp³-hybridized carbons (Fsp3) is 0.191. The lowest BCUT2D eigenvalue weighted by Crippen LogP contribution is -2.26. The summed E-state index contributed by atoms with van der Waals surface area (Å²) in [6.07, 6.45) is 6.30. The van der Waals surface area contributed by atoms with Gasteiger partial charge in [0.05, 0.1) is 5.69 Å². The first kappa shape index (κ1) is 36.8. The van der Waals surface area contributed by atoms with Gasteiger partial charge in [-0.2, -0.15) is 0 Å². The largest absolute Gasteiger partial charge is 0.372 e. The summed E-state index contributed by atoms with van der Waals surface area (Å²) in [6.45, 7) is 4.82. The number of nitrogens with zero attached hydrogens (tertiary/aromatic N) is 4. The molecule has 7 rings (SSSR count). The zero-order valence-electron chi connectivity index (χ0n) is 31.2. The van der Waals surface area contributed by atoms with Crippen molar-refractivity contribution in [2.45, 2.75) is 46.0 Å². The van der Waals surface area contributed by atoms with Crippen molar-refractivity contribution in [3.63, 3.8) is 0 Å². The van der Waals surface area contributed by atoms with Crippen molar-refractivity contribution < 1.29 is 19.3 Å². The first-order valence-electron chi connectivity index (χ1n) is 18.9. The van der Waals surface area contributed by atoms with E-state index >= 15 is 0 Å². The van der Waals surface area contributed by atoms with E-state index in [1.165, 1.54) is 51.6 Å². The lowest BCUT2D eigenvalue weighted by atomic mass is 9.99. The molecule has 8 nitrogen and oxygen atoms in total. The minimum atomic E-state index is -0.496. The average molecular weight is 729 g/mol. The van der Waals surface area contributed by atoms with E-state index in [2.05, 4.69) is 68.6 Å². The Labute approximate surface area is 322 Å². The van der Waals surface area contributed by atoms with Crippen LogP contribution in [0.2, 0.25) is 0 Å². The molecule has 6 aromatic rings. The molecule has 0 unspecified atom stereocenters. The summed E-state index contributed by atoms with van der Waals surface area (Å²) in [5.74, 6) is -0.988. The van der Waals surface area contributed by atoms with Gasteiger partial charge in [-0.1, -0.05) is 133 Å². The van der Waals surface area contributed by atoms with Crippen LogP contribution in [-0.2, 0) is 19.3 Å².